The van der Waals surface area contributed by atoms with Crippen molar-refractivity contribution in [3.8, 4) is 0 Å². The molecule has 2 aliphatic rings. The van der Waals surface area contributed by atoms with Crippen molar-refractivity contribution >= 4 is 0 Å². The van der Waals surface area contributed by atoms with Crippen LogP contribution < -0.4 is 5.73 Å². The Morgan fingerprint density at radius 2 is 2.18 bits per heavy atom. The normalized spacial score (nSPS) is 43.6. The van der Waals surface area contributed by atoms with Gasteiger partial charge in [-0.05, 0) is 18.3 Å². The van der Waals surface area contributed by atoms with Gasteiger partial charge < -0.3 is 10.8 Å². The number of hydrogen-bond acceptors (Lipinski definition) is 2. The van der Waals surface area contributed by atoms with Crippen LogP contribution in [-0.2, 0) is 0 Å². The monoisotopic (exact) mass is 155 g/mol. The molecular formula is C9H17NO. The Bertz CT molecular complexity index is 150. The van der Waals surface area contributed by atoms with E-state index in [1.807, 2.05) is 0 Å². The van der Waals surface area contributed by atoms with Gasteiger partial charge in [-0.3, -0.25) is 0 Å². The van der Waals surface area contributed by atoms with E-state index in [9.17, 15) is 0 Å². The summed E-state index contributed by atoms with van der Waals surface area (Å²) >= 11 is 0. The average Bonchev–Trinajstić information content (AvgIpc) is 2.61. The minimum atomic E-state index is 0.158. The van der Waals surface area contributed by atoms with Crippen molar-refractivity contribution in [3.63, 3.8) is 0 Å². The summed E-state index contributed by atoms with van der Waals surface area (Å²) in [6.07, 6.45) is 5.34. The Hall–Kier alpha value is -0.0800. The standard InChI is InChI=1S/C9H17NO/c10-5-9(6-11)4-8(9)7-2-1-3-7/h7-8,11H,1-6,10H2. The fraction of sp³-hybridized carbons (Fsp3) is 1.00. The molecule has 2 rings (SSSR count). The van der Waals surface area contributed by atoms with E-state index in [1.165, 1.54) is 25.7 Å². The Kier molecular flexibility index (Phi) is 1.69. The first-order chi connectivity index (χ1) is 5.32. The molecule has 0 spiro atoms. The first-order valence-corrected chi connectivity index (χ1v) is 4.63. The van der Waals surface area contributed by atoms with Gasteiger partial charge in [-0.15, -0.1) is 0 Å². The van der Waals surface area contributed by atoms with Gasteiger partial charge in [-0.2, -0.15) is 0 Å². The van der Waals surface area contributed by atoms with Crippen LogP contribution >= 0.6 is 0 Å². The minimum absolute atomic E-state index is 0.158. The topological polar surface area (TPSA) is 46.2 Å². The largest absolute Gasteiger partial charge is 0.396 e. The molecule has 0 aliphatic heterocycles. The first kappa shape index (κ1) is 7.56. The molecule has 64 valence electrons. The van der Waals surface area contributed by atoms with Crippen LogP contribution in [0.25, 0.3) is 0 Å². The zero-order chi connectivity index (χ0) is 7.90. The molecule has 0 aromatic rings. The van der Waals surface area contributed by atoms with Gasteiger partial charge in [-0.1, -0.05) is 19.3 Å². The Balaban J connectivity index is 1.90. The van der Waals surface area contributed by atoms with Crippen molar-refractivity contribution in [2.75, 3.05) is 13.2 Å². The lowest BCUT2D eigenvalue weighted by Gasteiger charge is -2.27. The number of hydrogen-bond donors (Lipinski definition) is 2. The van der Waals surface area contributed by atoms with Crippen molar-refractivity contribution in [1.29, 1.82) is 0 Å². The van der Waals surface area contributed by atoms with Crippen LogP contribution in [0.1, 0.15) is 25.7 Å². The van der Waals surface area contributed by atoms with E-state index in [0.29, 0.717) is 13.2 Å². The summed E-state index contributed by atoms with van der Waals surface area (Å²) < 4.78 is 0. The molecule has 0 aromatic heterocycles. The van der Waals surface area contributed by atoms with Crippen molar-refractivity contribution in [2.24, 2.45) is 23.0 Å². The molecule has 2 unspecified atom stereocenters. The molecule has 0 radical (unpaired) electrons. The maximum atomic E-state index is 9.12. The van der Waals surface area contributed by atoms with E-state index in [-0.39, 0.29) is 5.41 Å². The van der Waals surface area contributed by atoms with Crippen molar-refractivity contribution in [3.05, 3.63) is 0 Å². The lowest BCUT2D eigenvalue weighted by atomic mass is 9.79. The van der Waals surface area contributed by atoms with Crippen molar-refractivity contribution < 1.29 is 5.11 Å². The molecular weight excluding hydrogens is 138 g/mol. The molecule has 2 atom stereocenters. The minimum Gasteiger partial charge on any atom is -0.396 e. The SMILES string of the molecule is NCC1(CO)CC1C1CCC1. The van der Waals surface area contributed by atoms with Gasteiger partial charge in [-0.25, -0.2) is 0 Å². The van der Waals surface area contributed by atoms with Crippen molar-refractivity contribution in [1.82, 2.24) is 0 Å². The molecule has 2 saturated carbocycles. The van der Waals surface area contributed by atoms with E-state index in [1.54, 1.807) is 0 Å². The maximum absolute atomic E-state index is 9.12. The van der Waals surface area contributed by atoms with E-state index in [0.717, 1.165) is 11.8 Å². The molecule has 3 N–H and O–H groups in total. The fourth-order valence-corrected chi connectivity index (χ4v) is 2.37. The Labute approximate surface area is 67.8 Å². The van der Waals surface area contributed by atoms with E-state index in [2.05, 4.69) is 0 Å². The second-order valence-electron chi connectivity index (χ2n) is 4.23. The Morgan fingerprint density at radius 1 is 1.45 bits per heavy atom. The highest BCUT2D eigenvalue weighted by molar-refractivity contribution is 5.06. The third kappa shape index (κ3) is 1.00. The molecule has 11 heavy (non-hydrogen) atoms. The summed E-state index contributed by atoms with van der Waals surface area (Å²) in [6, 6.07) is 0. The van der Waals surface area contributed by atoms with Crippen molar-refractivity contribution in [2.45, 2.75) is 25.7 Å². The fourth-order valence-electron chi connectivity index (χ4n) is 2.37. The molecule has 2 nitrogen and oxygen atoms in total. The zero-order valence-corrected chi connectivity index (χ0v) is 6.92. The molecule has 2 fully saturated rings. The van der Waals surface area contributed by atoms with Crippen LogP contribution in [0.15, 0.2) is 0 Å². The number of rotatable bonds is 3. The highest BCUT2D eigenvalue weighted by Crippen LogP contribution is 2.59. The van der Waals surface area contributed by atoms with Gasteiger partial charge >= 0.3 is 0 Å². The second-order valence-corrected chi connectivity index (χ2v) is 4.23. The van der Waals surface area contributed by atoms with Gasteiger partial charge in [0.1, 0.15) is 0 Å². The quantitative estimate of drug-likeness (QED) is 0.631. The van der Waals surface area contributed by atoms with Crippen LogP contribution in [-0.4, -0.2) is 18.3 Å². The molecule has 0 saturated heterocycles. The van der Waals surface area contributed by atoms with E-state index < -0.39 is 0 Å². The van der Waals surface area contributed by atoms with Gasteiger partial charge in [0.25, 0.3) is 0 Å². The summed E-state index contributed by atoms with van der Waals surface area (Å²) in [7, 11) is 0. The number of nitrogens with two attached hydrogens (primary N) is 1. The third-order valence-corrected chi connectivity index (χ3v) is 3.69. The Morgan fingerprint density at radius 3 is 2.45 bits per heavy atom. The van der Waals surface area contributed by atoms with Gasteiger partial charge in [0.15, 0.2) is 0 Å². The number of aliphatic hydroxyl groups excluding tert-OH is 1. The molecule has 0 aromatic carbocycles. The zero-order valence-electron chi connectivity index (χ0n) is 6.92. The highest BCUT2D eigenvalue weighted by Gasteiger charge is 2.56. The molecule has 2 heteroatoms. The molecule has 0 heterocycles. The van der Waals surface area contributed by atoms with Gasteiger partial charge in [0.2, 0.25) is 0 Å². The van der Waals surface area contributed by atoms with Gasteiger partial charge in [0, 0.05) is 12.0 Å². The predicted molar refractivity (Wildman–Crippen MR) is 44.0 cm³/mol. The molecule has 0 bridgehead atoms. The maximum Gasteiger partial charge on any atom is 0.0502 e. The lowest BCUT2D eigenvalue weighted by Crippen LogP contribution is -2.26. The lowest BCUT2D eigenvalue weighted by molar-refractivity contribution is 0.165. The number of aliphatic hydroxyl groups is 1. The first-order valence-electron chi connectivity index (χ1n) is 4.63. The third-order valence-electron chi connectivity index (χ3n) is 3.69. The van der Waals surface area contributed by atoms with E-state index in [4.69, 9.17) is 10.8 Å². The average molecular weight is 155 g/mol. The summed E-state index contributed by atoms with van der Waals surface area (Å²) in [5.74, 6) is 1.68. The summed E-state index contributed by atoms with van der Waals surface area (Å²) in [5.41, 5.74) is 5.78. The predicted octanol–water partition coefficient (Wildman–Crippen LogP) is 0.744. The summed E-state index contributed by atoms with van der Waals surface area (Å²) in [5, 5.41) is 9.12. The van der Waals surface area contributed by atoms with Gasteiger partial charge in [0.05, 0.1) is 6.61 Å². The summed E-state index contributed by atoms with van der Waals surface area (Å²) in [4.78, 5) is 0. The van der Waals surface area contributed by atoms with Crippen LogP contribution in [0, 0.1) is 17.3 Å². The summed E-state index contributed by atoms with van der Waals surface area (Å²) in [6.45, 7) is 0.995. The highest BCUT2D eigenvalue weighted by atomic mass is 16.3. The van der Waals surface area contributed by atoms with Crippen LogP contribution in [0.2, 0.25) is 0 Å². The molecule has 2 aliphatic carbocycles. The van der Waals surface area contributed by atoms with Crippen LogP contribution in [0.4, 0.5) is 0 Å². The van der Waals surface area contributed by atoms with Crippen LogP contribution in [0.3, 0.4) is 0 Å². The smallest absolute Gasteiger partial charge is 0.0502 e. The molecule has 0 amide bonds. The second kappa shape index (κ2) is 2.46. The van der Waals surface area contributed by atoms with Crippen LogP contribution in [0.5, 0.6) is 0 Å². The van der Waals surface area contributed by atoms with E-state index >= 15 is 0 Å².